The Bertz CT molecular complexity index is 1430. The molecule has 5 aromatic rings. The van der Waals surface area contributed by atoms with Crippen LogP contribution in [0.5, 0.6) is 0 Å². The van der Waals surface area contributed by atoms with Gasteiger partial charge in [0.25, 0.3) is 0 Å². The van der Waals surface area contributed by atoms with Crippen molar-refractivity contribution in [2.75, 3.05) is 31.5 Å². The van der Waals surface area contributed by atoms with Crippen LogP contribution in [0.1, 0.15) is 12.8 Å². The van der Waals surface area contributed by atoms with Gasteiger partial charge in [-0.2, -0.15) is 0 Å². The second-order valence-corrected chi connectivity index (χ2v) is 8.81. The highest BCUT2D eigenvalue weighted by Crippen LogP contribution is 2.35. The van der Waals surface area contributed by atoms with Gasteiger partial charge in [0.05, 0.1) is 27.8 Å². The summed E-state index contributed by atoms with van der Waals surface area (Å²) in [4.78, 5) is 17.5. The van der Waals surface area contributed by atoms with Gasteiger partial charge in [0.2, 0.25) is 0 Å². The average Bonchev–Trinajstić information content (AvgIpc) is 3.42. The molecule has 1 aliphatic heterocycles. The molecule has 0 atom stereocenters. The molecular weight excluding hydrogens is 418 g/mol. The predicted octanol–water partition coefficient (Wildman–Crippen LogP) is 6.02. The average molecular weight is 446 g/mol. The summed E-state index contributed by atoms with van der Waals surface area (Å²) < 4.78 is 0. The van der Waals surface area contributed by atoms with Crippen molar-refractivity contribution in [3.8, 4) is 22.5 Å². The molecule has 1 fully saturated rings. The molecule has 3 heterocycles. The largest absolute Gasteiger partial charge is 0.383 e. The molecule has 0 amide bonds. The number of pyridine rings is 1. The Kier molecular flexibility index (Phi) is 5.61. The first-order chi connectivity index (χ1) is 16.9. The van der Waals surface area contributed by atoms with E-state index in [0.717, 1.165) is 63.2 Å². The number of nitrogens with zero attached hydrogens (tertiary/aromatic N) is 4. The Balaban J connectivity index is 1.50. The van der Waals surface area contributed by atoms with Gasteiger partial charge < -0.3 is 10.2 Å². The van der Waals surface area contributed by atoms with Gasteiger partial charge in [0.1, 0.15) is 5.52 Å². The molecule has 2 aromatic heterocycles. The fraction of sp³-hybridized carbons (Fsp3) is 0.207. The van der Waals surface area contributed by atoms with Crippen molar-refractivity contribution in [3.63, 3.8) is 0 Å². The number of benzene rings is 3. The normalized spacial score (nSPS) is 14.1. The molecule has 3 aromatic carbocycles. The fourth-order valence-corrected chi connectivity index (χ4v) is 4.86. The second kappa shape index (κ2) is 9.20. The van der Waals surface area contributed by atoms with Crippen LogP contribution in [0.15, 0.2) is 85.1 Å². The minimum Gasteiger partial charge on any atom is -0.383 e. The summed E-state index contributed by atoms with van der Waals surface area (Å²) in [5.41, 5.74) is 7.65. The summed E-state index contributed by atoms with van der Waals surface area (Å²) in [6.07, 6.45) is 4.49. The molecule has 5 heteroatoms. The number of nitrogens with one attached hydrogen (secondary N) is 1. The molecular formula is C29H27N5. The molecule has 168 valence electrons. The molecule has 6 rings (SSSR count). The number of fused-ring (bicyclic) bond motifs is 3. The van der Waals surface area contributed by atoms with Gasteiger partial charge in [-0.1, -0.05) is 60.7 Å². The van der Waals surface area contributed by atoms with Crippen molar-refractivity contribution >= 4 is 27.6 Å². The summed E-state index contributed by atoms with van der Waals surface area (Å²) in [6, 6.07) is 26.8. The SMILES string of the molecule is c1ccc(-c2nc3ccc4nccc(NCCN5CCCC5)c4c3nc2-c2ccccc2)cc1. The molecule has 1 N–H and O–H groups in total. The molecule has 5 nitrogen and oxygen atoms in total. The lowest BCUT2D eigenvalue weighted by molar-refractivity contribution is 0.353. The van der Waals surface area contributed by atoms with Crippen LogP contribution in [0.2, 0.25) is 0 Å². The lowest BCUT2D eigenvalue weighted by atomic mass is 10.0. The van der Waals surface area contributed by atoms with Crippen molar-refractivity contribution in [1.82, 2.24) is 19.9 Å². The molecule has 0 bridgehead atoms. The summed E-state index contributed by atoms with van der Waals surface area (Å²) in [7, 11) is 0. The van der Waals surface area contributed by atoms with Crippen molar-refractivity contribution < 1.29 is 0 Å². The Labute approximate surface area is 199 Å². The Morgan fingerprint density at radius 2 is 1.35 bits per heavy atom. The molecule has 0 aliphatic carbocycles. The summed E-state index contributed by atoms with van der Waals surface area (Å²) in [6.45, 7) is 4.36. The maximum Gasteiger partial charge on any atom is 0.101 e. The lowest BCUT2D eigenvalue weighted by Gasteiger charge is -2.17. The van der Waals surface area contributed by atoms with Gasteiger partial charge in [-0.05, 0) is 44.1 Å². The number of likely N-dealkylation sites (tertiary alicyclic amines) is 1. The predicted molar refractivity (Wildman–Crippen MR) is 140 cm³/mol. The van der Waals surface area contributed by atoms with Crippen LogP contribution < -0.4 is 5.32 Å². The minimum absolute atomic E-state index is 0.877. The number of anilines is 1. The van der Waals surface area contributed by atoms with Gasteiger partial charge in [0, 0.05) is 36.1 Å². The zero-order valence-electron chi connectivity index (χ0n) is 19.1. The zero-order chi connectivity index (χ0) is 22.7. The van der Waals surface area contributed by atoms with E-state index in [1.165, 1.54) is 25.9 Å². The Morgan fingerprint density at radius 3 is 2.06 bits per heavy atom. The molecule has 0 spiro atoms. The van der Waals surface area contributed by atoms with Gasteiger partial charge in [-0.15, -0.1) is 0 Å². The fourth-order valence-electron chi connectivity index (χ4n) is 4.86. The van der Waals surface area contributed by atoms with Gasteiger partial charge in [-0.3, -0.25) is 4.98 Å². The van der Waals surface area contributed by atoms with Crippen molar-refractivity contribution in [2.45, 2.75) is 12.8 Å². The minimum atomic E-state index is 0.877. The standard InChI is InChI=1S/C29H27N5/c1-3-9-21(10-4-1)27-28(22-11-5-2-6-12-22)33-29-25(32-27)14-13-23-26(29)24(15-16-30-23)31-17-20-34-18-7-8-19-34/h1-6,9-16H,7-8,17-20H2,(H,30,31). The number of hydrogen-bond acceptors (Lipinski definition) is 5. The van der Waals surface area contributed by atoms with Crippen LogP contribution >= 0.6 is 0 Å². The quantitative estimate of drug-likeness (QED) is 0.324. The van der Waals surface area contributed by atoms with Crippen LogP contribution in [0.3, 0.4) is 0 Å². The number of aromatic nitrogens is 3. The van der Waals surface area contributed by atoms with Crippen molar-refractivity contribution in [1.29, 1.82) is 0 Å². The highest BCUT2D eigenvalue weighted by atomic mass is 15.1. The maximum absolute atomic E-state index is 5.24. The second-order valence-electron chi connectivity index (χ2n) is 8.81. The highest BCUT2D eigenvalue weighted by molar-refractivity contribution is 6.10. The van der Waals surface area contributed by atoms with Crippen LogP contribution in [0, 0.1) is 0 Å². The molecule has 0 radical (unpaired) electrons. The first kappa shape index (κ1) is 20.8. The molecule has 34 heavy (non-hydrogen) atoms. The first-order valence-electron chi connectivity index (χ1n) is 12.0. The first-order valence-corrected chi connectivity index (χ1v) is 12.0. The van der Waals surface area contributed by atoms with E-state index in [9.17, 15) is 0 Å². The van der Waals surface area contributed by atoms with Crippen molar-refractivity contribution in [3.05, 3.63) is 85.1 Å². The van der Waals surface area contributed by atoms with Gasteiger partial charge in [-0.25, -0.2) is 9.97 Å². The van der Waals surface area contributed by atoms with Crippen LogP contribution in [0.25, 0.3) is 44.5 Å². The zero-order valence-corrected chi connectivity index (χ0v) is 19.1. The van der Waals surface area contributed by atoms with Crippen LogP contribution in [-0.2, 0) is 0 Å². The Hall–Kier alpha value is -3.83. The molecule has 1 aliphatic rings. The Morgan fingerprint density at radius 1 is 0.706 bits per heavy atom. The van der Waals surface area contributed by atoms with E-state index < -0.39 is 0 Å². The number of rotatable bonds is 6. The van der Waals surface area contributed by atoms with E-state index in [0.29, 0.717) is 0 Å². The van der Waals surface area contributed by atoms with Gasteiger partial charge in [0.15, 0.2) is 0 Å². The van der Waals surface area contributed by atoms with Crippen LogP contribution in [0.4, 0.5) is 5.69 Å². The van der Waals surface area contributed by atoms with E-state index in [1.54, 1.807) is 0 Å². The van der Waals surface area contributed by atoms with E-state index in [1.807, 2.05) is 48.7 Å². The lowest BCUT2D eigenvalue weighted by Crippen LogP contribution is -2.26. The molecule has 0 unspecified atom stereocenters. The third-order valence-corrected chi connectivity index (χ3v) is 6.58. The van der Waals surface area contributed by atoms with Gasteiger partial charge >= 0.3 is 0 Å². The van der Waals surface area contributed by atoms with E-state index in [4.69, 9.17) is 9.97 Å². The van der Waals surface area contributed by atoms with Crippen LogP contribution in [-0.4, -0.2) is 46.0 Å². The summed E-state index contributed by atoms with van der Waals surface area (Å²) in [5, 5.41) is 4.70. The van der Waals surface area contributed by atoms with E-state index in [2.05, 4.69) is 51.6 Å². The van der Waals surface area contributed by atoms with Crippen molar-refractivity contribution in [2.24, 2.45) is 0 Å². The maximum atomic E-state index is 5.24. The summed E-state index contributed by atoms with van der Waals surface area (Å²) in [5.74, 6) is 0. The van der Waals surface area contributed by atoms with E-state index in [-0.39, 0.29) is 0 Å². The third-order valence-electron chi connectivity index (χ3n) is 6.58. The van der Waals surface area contributed by atoms with E-state index >= 15 is 0 Å². The third kappa shape index (κ3) is 3.99. The topological polar surface area (TPSA) is 53.9 Å². The molecule has 1 saturated heterocycles. The summed E-state index contributed by atoms with van der Waals surface area (Å²) >= 11 is 0. The smallest absolute Gasteiger partial charge is 0.101 e. The molecule has 0 saturated carbocycles. The number of hydrogen-bond donors (Lipinski definition) is 1. The highest BCUT2D eigenvalue weighted by Gasteiger charge is 2.17. The monoisotopic (exact) mass is 445 g/mol.